The molecule has 5 aromatic rings. The SMILES string of the molecule is Cc1ccc(-n2nc(C(C)(C)C)cc2NC(=O)Nc2cccc(CC3CCN(C(=O)c4ccc(-c5csnn5)cc4)CC3)c2)cc1. The quantitative estimate of drug-likeness (QED) is 0.191. The van der Waals surface area contributed by atoms with Crippen LogP contribution in [-0.2, 0) is 11.8 Å². The summed E-state index contributed by atoms with van der Waals surface area (Å²) in [5.41, 5.74) is 7.13. The van der Waals surface area contributed by atoms with Gasteiger partial charge in [0.2, 0.25) is 0 Å². The summed E-state index contributed by atoms with van der Waals surface area (Å²) >= 11 is 1.31. The molecule has 0 spiro atoms. The number of urea groups is 1. The van der Waals surface area contributed by atoms with Crippen LogP contribution in [0.5, 0.6) is 0 Å². The number of hydrogen-bond acceptors (Lipinski definition) is 6. The largest absolute Gasteiger partial charge is 0.339 e. The molecule has 3 aromatic carbocycles. The molecule has 9 nitrogen and oxygen atoms in total. The maximum atomic E-state index is 13.2. The van der Waals surface area contributed by atoms with E-state index in [1.807, 2.05) is 90.0 Å². The van der Waals surface area contributed by atoms with Crippen LogP contribution in [-0.4, -0.2) is 49.3 Å². The van der Waals surface area contributed by atoms with Crippen molar-refractivity contribution < 1.29 is 9.59 Å². The zero-order valence-corrected chi connectivity index (χ0v) is 27.5. The Morgan fingerprint density at radius 2 is 1.67 bits per heavy atom. The van der Waals surface area contributed by atoms with Crippen molar-refractivity contribution in [1.82, 2.24) is 24.3 Å². The molecule has 0 unspecified atom stereocenters. The minimum absolute atomic E-state index is 0.0666. The average Bonchev–Trinajstić information content (AvgIpc) is 3.73. The monoisotopic (exact) mass is 633 g/mol. The first-order valence-electron chi connectivity index (χ1n) is 15.6. The van der Waals surface area contributed by atoms with Crippen LogP contribution in [0.1, 0.15) is 60.8 Å². The summed E-state index contributed by atoms with van der Waals surface area (Å²) in [6.45, 7) is 9.82. The predicted octanol–water partition coefficient (Wildman–Crippen LogP) is 7.74. The van der Waals surface area contributed by atoms with E-state index < -0.39 is 0 Å². The third-order valence-corrected chi connectivity index (χ3v) is 8.90. The number of anilines is 2. The van der Waals surface area contributed by atoms with E-state index >= 15 is 0 Å². The van der Waals surface area contributed by atoms with Gasteiger partial charge in [0, 0.05) is 46.8 Å². The molecule has 3 amide bonds. The van der Waals surface area contributed by atoms with Crippen LogP contribution < -0.4 is 10.6 Å². The third kappa shape index (κ3) is 7.34. The predicted molar refractivity (Wildman–Crippen MR) is 184 cm³/mol. The molecule has 1 aliphatic rings. The molecule has 10 heteroatoms. The van der Waals surface area contributed by atoms with Crippen LogP contribution in [0.2, 0.25) is 0 Å². The van der Waals surface area contributed by atoms with Crippen molar-refractivity contribution in [3.8, 4) is 16.9 Å². The Balaban J connectivity index is 1.04. The fourth-order valence-corrected chi connectivity index (χ4v) is 6.17. The van der Waals surface area contributed by atoms with Crippen LogP contribution in [0, 0.1) is 12.8 Å². The van der Waals surface area contributed by atoms with Crippen molar-refractivity contribution >= 4 is 35.0 Å². The number of rotatable bonds is 7. The van der Waals surface area contributed by atoms with E-state index in [0.29, 0.717) is 17.3 Å². The highest BCUT2D eigenvalue weighted by Gasteiger charge is 2.25. The zero-order chi connectivity index (χ0) is 32.3. The van der Waals surface area contributed by atoms with Crippen LogP contribution in [0.4, 0.5) is 16.3 Å². The van der Waals surface area contributed by atoms with E-state index in [2.05, 4.69) is 47.1 Å². The van der Waals surface area contributed by atoms with Crippen molar-refractivity contribution in [1.29, 1.82) is 0 Å². The summed E-state index contributed by atoms with van der Waals surface area (Å²) < 4.78 is 5.69. The Hall–Kier alpha value is -4.83. The molecule has 1 aliphatic heterocycles. The number of piperidine rings is 1. The Kier molecular flexibility index (Phi) is 8.99. The van der Waals surface area contributed by atoms with Gasteiger partial charge in [-0.05, 0) is 85.6 Å². The molecule has 0 bridgehead atoms. The molecule has 0 saturated carbocycles. The molecule has 236 valence electrons. The van der Waals surface area contributed by atoms with E-state index in [9.17, 15) is 9.59 Å². The van der Waals surface area contributed by atoms with E-state index in [4.69, 9.17) is 5.10 Å². The van der Waals surface area contributed by atoms with Crippen molar-refractivity contribution in [2.45, 2.75) is 52.4 Å². The minimum Gasteiger partial charge on any atom is -0.339 e. The highest BCUT2D eigenvalue weighted by molar-refractivity contribution is 7.03. The number of carbonyl (C=O) groups excluding carboxylic acids is 2. The molecule has 1 fully saturated rings. The first kappa shape index (κ1) is 31.2. The van der Waals surface area contributed by atoms with Gasteiger partial charge >= 0.3 is 6.03 Å². The van der Waals surface area contributed by atoms with Gasteiger partial charge in [-0.25, -0.2) is 9.48 Å². The molecule has 6 rings (SSSR count). The van der Waals surface area contributed by atoms with Crippen molar-refractivity contribution in [3.63, 3.8) is 0 Å². The number of carbonyl (C=O) groups is 2. The first-order chi connectivity index (χ1) is 22.1. The number of nitrogens with one attached hydrogen (secondary N) is 2. The minimum atomic E-state index is -0.325. The zero-order valence-electron chi connectivity index (χ0n) is 26.7. The Morgan fingerprint density at radius 1 is 0.935 bits per heavy atom. The Morgan fingerprint density at radius 3 is 2.35 bits per heavy atom. The fourth-order valence-electron chi connectivity index (χ4n) is 5.70. The topological polar surface area (TPSA) is 105 Å². The number of nitrogens with zero attached hydrogens (tertiary/aromatic N) is 5. The van der Waals surface area contributed by atoms with Crippen LogP contribution in [0.15, 0.2) is 84.2 Å². The second-order valence-corrected chi connectivity index (χ2v) is 13.6. The van der Waals surface area contributed by atoms with E-state index in [0.717, 1.165) is 71.8 Å². The van der Waals surface area contributed by atoms with Gasteiger partial charge in [0.1, 0.15) is 11.5 Å². The van der Waals surface area contributed by atoms with Crippen LogP contribution in [0.25, 0.3) is 16.9 Å². The first-order valence-corrected chi connectivity index (χ1v) is 16.5. The highest BCUT2D eigenvalue weighted by atomic mass is 32.1. The number of likely N-dealkylation sites (tertiary alicyclic amines) is 1. The molecule has 3 heterocycles. The van der Waals surface area contributed by atoms with Crippen molar-refractivity contribution in [2.75, 3.05) is 23.7 Å². The molecule has 0 aliphatic carbocycles. The standard InChI is InChI=1S/C36H39N7O2S/c1-24-8-14-30(15-9-24)43-33(22-32(40-43)36(2,3)4)38-35(45)37-29-7-5-6-26(21-29)20-25-16-18-42(19-17-25)34(44)28-12-10-27(11-13-28)31-23-46-41-39-31/h5-15,21-23,25H,16-20H2,1-4H3,(H2,37,38,45). The summed E-state index contributed by atoms with van der Waals surface area (Å²) in [5, 5.41) is 16.8. The molecule has 2 N–H and O–H groups in total. The van der Waals surface area contributed by atoms with Gasteiger partial charge in [-0.3, -0.25) is 10.1 Å². The number of aromatic nitrogens is 4. The van der Waals surface area contributed by atoms with Gasteiger partial charge in [0.15, 0.2) is 0 Å². The number of benzene rings is 3. The lowest BCUT2D eigenvalue weighted by Gasteiger charge is -2.32. The number of hydrogen-bond donors (Lipinski definition) is 2. The van der Waals surface area contributed by atoms with Crippen LogP contribution >= 0.6 is 11.5 Å². The summed E-state index contributed by atoms with van der Waals surface area (Å²) in [5.74, 6) is 1.14. The van der Waals surface area contributed by atoms with Gasteiger partial charge in [-0.1, -0.05) is 67.2 Å². The number of amides is 3. The summed E-state index contributed by atoms with van der Waals surface area (Å²) in [7, 11) is 0. The lowest BCUT2D eigenvalue weighted by molar-refractivity contribution is 0.0690. The van der Waals surface area contributed by atoms with Crippen molar-refractivity contribution in [2.24, 2.45) is 5.92 Å². The molecule has 1 saturated heterocycles. The van der Waals surface area contributed by atoms with Gasteiger partial charge < -0.3 is 10.2 Å². The number of aryl methyl sites for hydroxylation is 1. The summed E-state index contributed by atoms with van der Waals surface area (Å²) in [4.78, 5) is 28.3. The van der Waals surface area contributed by atoms with Gasteiger partial charge in [-0.2, -0.15) is 5.10 Å². The molecule has 0 radical (unpaired) electrons. The molecular weight excluding hydrogens is 595 g/mol. The Bertz CT molecular complexity index is 1800. The molecule has 46 heavy (non-hydrogen) atoms. The lowest BCUT2D eigenvalue weighted by atomic mass is 9.89. The van der Waals surface area contributed by atoms with E-state index in [1.54, 1.807) is 4.68 Å². The van der Waals surface area contributed by atoms with Crippen LogP contribution in [0.3, 0.4) is 0 Å². The molecule has 0 atom stereocenters. The molecular formula is C36H39N7O2S. The normalized spacial score (nSPS) is 13.9. The van der Waals surface area contributed by atoms with Gasteiger partial charge in [0.25, 0.3) is 5.91 Å². The summed E-state index contributed by atoms with van der Waals surface area (Å²) in [6.07, 6.45) is 2.77. The van der Waals surface area contributed by atoms with E-state index in [-0.39, 0.29) is 17.4 Å². The summed E-state index contributed by atoms with van der Waals surface area (Å²) in [6, 6.07) is 25.3. The average molecular weight is 634 g/mol. The molecule has 2 aromatic heterocycles. The smallest absolute Gasteiger partial charge is 0.324 e. The van der Waals surface area contributed by atoms with Gasteiger partial charge in [-0.15, -0.1) is 5.10 Å². The second-order valence-electron chi connectivity index (χ2n) is 13.0. The maximum Gasteiger partial charge on any atom is 0.324 e. The maximum absolute atomic E-state index is 13.2. The van der Waals surface area contributed by atoms with E-state index in [1.165, 1.54) is 11.5 Å². The fraction of sp³-hybridized carbons (Fsp3) is 0.306. The second kappa shape index (κ2) is 13.3. The third-order valence-electron chi connectivity index (χ3n) is 8.40. The van der Waals surface area contributed by atoms with Gasteiger partial charge in [0.05, 0.1) is 11.4 Å². The Labute approximate surface area is 273 Å². The highest BCUT2D eigenvalue weighted by Crippen LogP contribution is 2.28. The lowest BCUT2D eigenvalue weighted by Crippen LogP contribution is -2.38. The van der Waals surface area contributed by atoms with Crippen molar-refractivity contribution in [3.05, 3.63) is 107 Å².